The molecule has 19 heavy (non-hydrogen) atoms. The highest BCUT2D eigenvalue weighted by molar-refractivity contribution is 5.72. The minimum absolute atomic E-state index is 0.583. The van der Waals surface area contributed by atoms with Crippen LogP contribution in [-0.2, 0) is 4.79 Å². The van der Waals surface area contributed by atoms with E-state index in [-0.39, 0.29) is 0 Å². The third-order valence-electron chi connectivity index (χ3n) is 2.15. The van der Waals surface area contributed by atoms with E-state index in [2.05, 4.69) is 0 Å². The van der Waals surface area contributed by atoms with Gasteiger partial charge in [-0.2, -0.15) is 0 Å². The van der Waals surface area contributed by atoms with Gasteiger partial charge in [0.25, 0.3) is 0 Å². The molecule has 0 aromatic carbocycles. The van der Waals surface area contributed by atoms with Gasteiger partial charge in [0.1, 0.15) is 24.4 Å². The van der Waals surface area contributed by atoms with Gasteiger partial charge >= 0.3 is 5.97 Å². The second kappa shape index (κ2) is 9.18. The molecule has 8 heteroatoms. The normalized spacial score (nSPS) is 17.7. The highest BCUT2D eigenvalue weighted by Gasteiger charge is 2.29. The first-order valence-electron chi connectivity index (χ1n) is 5.66. The van der Waals surface area contributed by atoms with Crippen LogP contribution < -0.4 is 0 Å². The van der Waals surface area contributed by atoms with E-state index in [9.17, 15) is 4.79 Å². The average Bonchev–Trinajstić information content (AvgIpc) is 2.34. The highest BCUT2D eigenvalue weighted by Crippen LogP contribution is 2.11. The van der Waals surface area contributed by atoms with E-state index in [0.29, 0.717) is 0 Å². The molecule has 0 amide bonds. The first-order valence-corrected chi connectivity index (χ1v) is 5.66. The Morgan fingerprint density at radius 3 is 1.21 bits per heavy atom. The molecule has 4 unspecified atom stereocenters. The van der Waals surface area contributed by atoms with Crippen LogP contribution in [0.25, 0.3) is 0 Å². The molecule has 0 aromatic rings. The zero-order valence-electron chi connectivity index (χ0n) is 11.3. The largest absolute Gasteiger partial charge is 0.481 e. The first-order chi connectivity index (χ1) is 8.48. The summed E-state index contributed by atoms with van der Waals surface area (Å²) in [5, 5.41) is 60.4. The molecule has 0 aliphatic heterocycles. The fraction of sp³-hybridized carbons (Fsp3) is 0.909. The SMILES string of the molecule is CC(C)(C)C(=O)O.OCC(O)C(O)C(O)C(O)CO. The summed E-state index contributed by atoms with van der Waals surface area (Å²) in [4.78, 5) is 10.0. The van der Waals surface area contributed by atoms with Crippen LogP contribution in [0.4, 0.5) is 0 Å². The van der Waals surface area contributed by atoms with Gasteiger partial charge in [0.05, 0.1) is 18.6 Å². The van der Waals surface area contributed by atoms with E-state index in [1.807, 2.05) is 0 Å². The zero-order valence-corrected chi connectivity index (χ0v) is 11.3. The van der Waals surface area contributed by atoms with Crippen molar-refractivity contribution in [1.29, 1.82) is 0 Å². The lowest BCUT2D eigenvalue weighted by molar-refractivity contribution is -0.145. The van der Waals surface area contributed by atoms with Crippen LogP contribution in [0.15, 0.2) is 0 Å². The molecule has 0 spiro atoms. The van der Waals surface area contributed by atoms with Crippen LogP contribution in [0.2, 0.25) is 0 Å². The summed E-state index contributed by atoms with van der Waals surface area (Å²) in [7, 11) is 0. The van der Waals surface area contributed by atoms with E-state index in [1.54, 1.807) is 20.8 Å². The Labute approximate surface area is 111 Å². The second-order valence-electron chi connectivity index (χ2n) is 5.04. The maximum absolute atomic E-state index is 10.0. The zero-order chi connectivity index (χ0) is 15.8. The Balaban J connectivity index is 0. The van der Waals surface area contributed by atoms with Crippen LogP contribution in [0.1, 0.15) is 20.8 Å². The minimum atomic E-state index is -1.67. The molecule has 116 valence electrons. The lowest BCUT2D eigenvalue weighted by atomic mass is 9.98. The van der Waals surface area contributed by atoms with Crippen molar-refractivity contribution < 1.29 is 40.5 Å². The maximum Gasteiger partial charge on any atom is 0.308 e. The number of carbonyl (C=O) groups is 1. The minimum Gasteiger partial charge on any atom is -0.481 e. The molecule has 0 aromatic heterocycles. The summed E-state index contributed by atoms with van der Waals surface area (Å²) in [6, 6.07) is 0. The number of aliphatic hydroxyl groups excluding tert-OH is 6. The van der Waals surface area contributed by atoms with Crippen LogP contribution in [0, 0.1) is 5.41 Å². The standard InChI is InChI=1S/C6H14O6.C5H10O2/c7-1-3(9)5(11)6(12)4(10)2-8;1-5(2,3)4(6)7/h3-12H,1-2H2;1-3H3,(H,6,7). The van der Waals surface area contributed by atoms with Crippen LogP contribution in [0.5, 0.6) is 0 Å². The van der Waals surface area contributed by atoms with E-state index >= 15 is 0 Å². The van der Waals surface area contributed by atoms with E-state index in [4.69, 9.17) is 35.7 Å². The van der Waals surface area contributed by atoms with Gasteiger partial charge in [-0.15, -0.1) is 0 Å². The molecule has 4 atom stereocenters. The fourth-order valence-electron chi connectivity index (χ4n) is 0.671. The van der Waals surface area contributed by atoms with Gasteiger partial charge in [-0.25, -0.2) is 0 Å². The van der Waals surface area contributed by atoms with Gasteiger partial charge in [-0.1, -0.05) is 0 Å². The summed E-state index contributed by atoms with van der Waals surface area (Å²) in [6.45, 7) is 3.53. The highest BCUT2D eigenvalue weighted by atomic mass is 16.4. The Hall–Kier alpha value is -0.770. The first kappa shape index (κ1) is 20.5. The van der Waals surface area contributed by atoms with Crippen molar-refractivity contribution in [3.8, 4) is 0 Å². The van der Waals surface area contributed by atoms with Gasteiger partial charge in [-0.05, 0) is 20.8 Å². The molecule has 0 rings (SSSR count). The predicted octanol–water partition coefficient (Wildman–Crippen LogP) is -2.47. The van der Waals surface area contributed by atoms with Gasteiger partial charge in [0.2, 0.25) is 0 Å². The molecule has 8 nitrogen and oxygen atoms in total. The molecule has 0 radical (unpaired) electrons. The second-order valence-corrected chi connectivity index (χ2v) is 5.04. The monoisotopic (exact) mass is 284 g/mol. The molecule has 0 aliphatic rings. The van der Waals surface area contributed by atoms with Crippen molar-refractivity contribution in [2.24, 2.45) is 5.41 Å². The van der Waals surface area contributed by atoms with Crippen molar-refractivity contribution in [3.05, 3.63) is 0 Å². The fourth-order valence-corrected chi connectivity index (χ4v) is 0.671. The van der Waals surface area contributed by atoms with Crippen LogP contribution in [-0.4, -0.2) is 79.3 Å². The van der Waals surface area contributed by atoms with Gasteiger partial charge in [0, 0.05) is 0 Å². The molecular weight excluding hydrogens is 260 g/mol. The number of carboxylic acids is 1. The third kappa shape index (κ3) is 8.87. The number of aliphatic hydroxyl groups is 6. The summed E-state index contributed by atoms with van der Waals surface area (Å²) in [5.74, 6) is -0.757. The lowest BCUT2D eigenvalue weighted by Crippen LogP contribution is -2.46. The topological polar surface area (TPSA) is 159 Å². The summed E-state index contributed by atoms with van der Waals surface area (Å²) in [5.41, 5.74) is -0.583. The van der Waals surface area contributed by atoms with Crippen molar-refractivity contribution in [1.82, 2.24) is 0 Å². The van der Waals surface area contributed by atoms with Gasteiger partial charge in [-0.3, -0.25) is 4.79 Å². The summed E-state index contributed by atoms with van der Waals surface area (Å²) >= 11 is 0. The smallest absolute Gasteiger partial charge is 0.308 e. The van der Waals surface area contributed by atoms with Crippen molar-refractivity contribution >= 4 is 5.97 Å². The van der Waals surface area contributed by atoms with Crippen LogP contribution in [0.3, 0.4) is 0 Å². The molecule has 0 bridgehead atoms. The lowest BCUT2D eigenvalue weighted by Gasteiger charge is -2.24. The third-order valence-corrected chi connectivity index (χ3v) is 2.15. The molecule has 0 aliphatic carbocycles. The number of rotatable bonds is 5. The van der Waals surface area contributed by atoms with E-state index in [1.165, 1.54) is 0 Å². The average molecular weight is 284 g/mol. The predicted molar refractivity (Wildman–Crippen MR) is 65.3 cm³/mol. The van der Waals surface area contributed by atoms with Gasteiger partial charge < -0.3 is 35.7 Å². The molecule has 0 saturated heterocycles. The molecular formula is C11H24O8. The molecule has 0 saturated carbocycles. The maximum atomic E-state index is 10.0. The van der Waals surface area contributed by atoms with Crippen LogP contribution >= 0.6 is 0 Å². The Bertz CT molecular complexity index is 236. The summed E-state index contributed by atoms with van der Waals surface area (Å²) < 4.78 is 0. The summed E-state index contributed by atoms with van der Waals surface area (Å²) in [6.07, 6.45) is -6.39. The number of hydrogen-bond donors (Lipinski definition) is 7. The Kier molecular flexibility index (Phi) is 9.93. The number of carboxylic acid groups (broad SMARTS) is 1. The number of aliphatic carboxylic acids is 1. The van der Waals surface area contributed by atoms with Crippen molar-refractivity contribution in [3.63, 3.8) is 0 Å². The molecule has 7 N–H and O–H groups in total. The van der Waals surface area contributed by atoms with Crippen molar-refractivity contribution in [2.75, 3.05) is 13.2 Å². The number of hydrogen-bond acceptors (Lipinski definition) is 7. The van der Waals surface area contributed by atoms with Gasteiger partial charge in [0.15, 0.2) is 0 Å². The Morgan fingerprint density at radius 2 is 1.11 bits per heavy atom. The molecule has 0 heterocycles. The van der Waals surface area contributed by atoms with E-state index < -0.39 is 49.0 Å². The van der Waals surface area contributed by atoms with E-state index in [0.717, 1.165) is 0 Å². The quantitative estimate of drug-likeness (QED) is 0.292. The van der Waals surface area contributed by atoms with Crippen molar-refractivity contribution in [2.45, 2.75) is 45.2 Å². The Morgan fingerprint density at radius 1 is 0.895 bits per heavy atom. The molecule has 0 fully saturated rings.